The fourth-order valence-electron chi connectivity index (χ4n) is 8.64. The second kappa shape index (κ2) is 6.99. The van der Waals surface area contributed by atoms with Gasteiger partial charge in [-0.1, -0.05) is 6.92 Å². The average Bonchev–Trinajstić information content (AvgIpc) is 2.97. The van der Waals surface area contributed by atoms with E-state index in [0.717, 1.165) is 50.2 Å². The molecule has 3 heteroatoms. The van der Waals surface area contributed by atoms with E-state index in [1.165, 1.54) is 38.5 Å². The number of aliphatic hydroxyl groups is 2. The van der Waals surface area contributed by atoms with Crippen LogP contribution in [0.4, 0.5) is 0 Å². The third kappa shape index (κ3) is 3.11. The van der Waals surface area contributed by atoms with Crippen LogP contribution in [0.15, 0.2) is 0 Å². The van der Waals surface area contributed by atoms with Crippen LogP contribution in [0.1, 0.15) is 85.5 Å². The van der Waals surface area contributed by atoms with Crippen LogP contribution in [0.2, 0.25) is 0 Å². The molecule has 0 amide bonds. The lowest BCUT2D eigenvalue weighted by Gasteiger charge is -2.62. The minimum absolute atomic E-state index is 0.171. The first-order valence-corrected chi connectivity index (χ1v) is 11.7. The average molecular weight is 379 g/mol. The highest BCUT2D eigenvalue weighted by Crippen LogP contribution is 2.68. The third-order valence-electron chi connectivity index (χ3n) is 9.88. The summed E-state index contributed by atoms with van der Waals surface area (Å²) < 4.78 is 6.12. The molecule has 0 aromatic carbocycles. The lowest BCUT2D eigenvalue weighted by molar-refractivity contribution is -0.179. The Balaban J connectivity index is 1.63. The van der Waals surface area contributed by atoms with Crippen molar-refractivity contribution in [2.75, 3.05) is 13.2 Å². The summed E-state index contributed by atoms with van der Waals surface area (Å²) in [5, 5.41) is 21.2. The SMILES string of the molecule is CCOC[C@]12CC[C@@](C)(O)C[C@@H]1CC[C@H]1[C@@H]3CC[C@H]([C@H](C)O)[C@@]3(C)CC[C@@H]12. The molecule has 0 bridgehead atoms. The Morgan fingerprint density at radius 2 is 1.78 bits per heavy atom. The summed E-state index contributed by atoms with van der Waals surface area (Å²) in [7, 11) is 0. The Morgan fingerprint density at radius 3 is 2.48 bits per heavy atom. The number of aliphatic hydroxyl groups excluding tert-OH is 1. The van der Waals surface area contributed by atoms with Crippen molar-refractivity contribution >= 4 is 0 Å². The molecule has 4 aliphatic carbocycles. The predicted octanol–water partition coefficient (Wildman–Crippen LogP) is 4.79. The second-order valence-electron chi connectivity index (χ2n) is 11.2. The van der Waals surface area contributed by atoms with Crippen LogP contribution >= 0.6 is 0 Å². The van der Waals surface area contributed by atoms with Crippen molar-refractivity contribution < 1.29 is 14.9 Å². The molecule has 27 heavy (non-hydrogen) atoms. The Labute approximate surface area is 166 Å². The molecule has 0 unspecified atom stereocenters. The van der Waals surface area contributed by atoms with Crippen LogP contribution < -0.4 is 0 Å². The predicted molar refractivity (Wildman–Crippen MR) is 108 cm³/mol. The van der Waals surface area contributed by atoms with Gasteiger partial charge in [0.25, 0.3) is 0 Å². The zero-order chi connectivity index (χ0) is 19.4. The topological polar surface area (TPSA) is 49.7 Å². The summed E-state index contributed by atoms with van der Waals surface area (Å²) in [6.45, 7) is 10.4. The summed E-state index contributed by atoms with van der Waals surface area (Å²) in [6, 6.07) is 0. The van der Waals surface area contributed by atoms with Gasteiger partial charge in [0.05, 0.1) is 18.3 Å². The quantitative estimate of drug-likeness (QED) is 0.739. The van der Waals surface area contributed by atoms with Crippen molar-refractivity contribution in [2.24, 2.45) is 40.4 Å². The Kier molecular flexibility index (Phi) is 5.22. The van der Waals surface area contributed by atoms with Gasteiger partial charge in [-0.15, -0.1) is 0 Å². The number of fused-ring (bicyclic) bond motifs is 5. The first-order chi connectivity index (χ1) is 12.7. The Morgan fingerprint density at radius 1 is 1.00 bits per heavy atom. The lowest BCUT2D eigenvalue weighted by atomic mass is 9.43. The molecule has 9 atom stereocenters. The highest BCUT2D eigenvalue weighted by atomic mass is 16.5. The van der Waals surface area contributed by atoms with E-state index in [-0.39, 0.29) is 11.5 Å². The first kappa shape index (κ1) is 20.2. The van der Waals surface area contributed by atoms with Gasteiger partial charge >= 0.3 is 0 Å². The van der Waals surface area contributed by atoms with Gasteiger partial charge in [-0.2, -0.15) is 0 Å². The van der Waals surface area contributed by atoms with E-state index in [4.69, 9.17) is 4.74 Å². The highest BCUT2D eigenvalue weighted by molar-refractivity contribution is 5.11. The van der Waals surface area contributed by atoms with E-state index in [0.29, 0.717) is 17.3 Å². The zero-order valence-electron chi connectivity index (χ0n) is 18.0. The lowest BCUT2D eigenvalue weighted by Crippen LogP contribution is -2.58. The van der Waals surface area contributed by atoms with Crippen molar-refractivity contribution in [1.29, 1.82) is 0 Å². The van der Waals surface area contributed by atoms with Crippen LogP contribution in [-0.4, -0.2) is 35.1 Å². The van der Waals surface area contributed by atoms with Gasteiger partial charge in [0.15, 0.2) is 0 Å². The van der Waals surface area contributed by atoms with Crippen molar-refractivity contribution in [1.82, 2.24) is 0 Å². The Hall–Kier alpha value is -0.120. The standard InChI is InChI=1S/C24H42O3/c1-5-27-15-24-13-12-22(3,26)14-17(24)6-7-18-20-9-8-19(16(2)25)23(20,4)11-10-21(18)24/h16-21,25-26H,5-15H2,1-4H3/t16-,17-,18-,19+,20-,21-,22+,23+,24+/m0/s1. The van der Waals surface area contributed by atoms with E-state index in [1.807, 2.05) is 13.8 Å². The van der Waals surface area contributed by atoms with Gasteiger partial charge in [-0.05, 0) is 119 Å². The molecule has 0 aromatic rings. The van der Waals surface area contributed by atoms with Crippen LogP contribution in [0.3, 0.4) is 0 Å². The van der Waals surface area contributed by atoms with Crippen LogP contribution in [0, 0.1) is 40.4 Å². The number of hydrogen-bond donors (Lipinski definition) is 2. The van der Waals surface area contributed by atoms with Gasteiger partial charge in [0, 0.05) is 6.61 Å². The van der Waals surface area contributed by atoms with Crippen LogP contribution in [-0.2, 0) is 4.74 Å². The molecule has 4 rings (SSSR count). The van der Waals surface area contributed by atoms with E-state index >= 15 is 0 Å². The van der Waals surface area contributed by atoms with Crippen molar-refractivity contribution in [3.63, 3.8) is 0 Å². The molecule has 0 radical (unpaired) electrons. The van der Waals surface area contributed by atoms with Gasteiger partial charge < -0.3 is 14.9 Å². The molecule has 3 nitrogen and oxygen atoms in total. The normalized spacial score (nSPS) is 53.3. The fraction of sp³-hybridized carbons (Fsp3) is 1.00. The summed E-state index contributed by atoms with van der Waals surface area (Å²) in [4.78, 5) is 0. The largest absolute Gasteiger partial charge is 0.393 e. The molecule has 0 aromatic heterocycles. The maximum atomic E-state index is 10.8. The molecule has 156 valence electrons. The molecule has 0 spiro atoms. The third-order valence-corrected chi connectivity index (χ3v) is 9.88. The van der Waals surface area contributed by atoms with Crippen molar-refractivity contribution in [3.05, 3.63) is 0 Å². The van der Waals surface area contributed by atoms with Crippen LogP contribution in [0.25, 0.3) is 0 Å². The van der Waals surface area contributed by atoms with E-state index in [1.54, 1.807) is 0 Å². The van der Waals surface area contributed by atoms with Gasteiger partial charge in [0.2, 0.25) is 0 Å². The highest BCUT2D eigenvalue weighted by Gasteiger charge is 2.62. The first-order valence-electron chi connectivity index (χ1n) is 11.7. The smallest absolute Gasteiger partial charge is 0.0622 e. The summed E-state index contributed by atoms with van der Waals surface area (Å²) in [5.41, 5.74) is 0.127. The zero-order valence-corrected chi connectivity index (χ0v) is 18.0. The van der Waals surface area contributed by atoms with E-state index < -0.39 is 5.60 Å². The van der Waals surface area contributed by atoms with E-state index in [9.17, 15) is 10.2 Å². The number of rotatable bonds is 4. The van der Waals surface area contributed by atoms with Crippen molar-refractivity contribution in [2.45, 2.75) is 97.2 Å². The number of ether oxygens (including phenoxy) is 1. The molecule has 0 aliphatic heterocycles. The molecule has 4 aliphatic rings. The van der Waals surface area contributed by atoms with Gasteiger partial charge in [0.1, 0.15) is 0 Å². The van der Waals surface area contributed by atoms with Gasteiger partial charge in [-0.25, -0.2) is 0 Å². The molecule has 2 N–H and O–H groups in total. The molecular formula is C24H42O3. The summed E-state index contributed by atoms with van der Waals surface area (Å²) in [6.07, 6.45) is 10.5. The monoisotopic (exact) mass is 378 g/mol. The van der Waals surface area contributed by atoms with Crippen LogP contribution in [0.5, 0.6) is 0 Å². The minimum Gasteiger partial charge on any atom is -0.393 e. The molecule has 0 heterocycles. The van der Waals surface area contributed by atoms with E-state index in [2.05, 4.69) is 13.8 Å². The second-order valence-corrected chi connectivity index (χ2v) is 11.2. The molecular weight excluding hydrogens is 336 g/mol. The maximum Gasteiger partial charge on any atom is 0.0622 e. The Bertz CT molecular complexity index is 544. The minimum atomic E-state index is -0.485. The molecule has 0 saturated heterocycles. The summed E-state index contributed by atoms with van der Waals surface area (Å²) >= 11 is 0. The molecule has 4 saturated carbocycles. The van der Waals surface area contributed by atoms with Gasteiger partial charge in [-0.3, -0.25) is 0 Å². The fourth-order valence-corrected chi connectivity index (χ4v) is 8.64. The van der Waals surface area contributed by atoms with Crippen molar-refractivity contribution in [3.8, 4) is 0 Å². The molecule has 4 fully saturated rings. The summed E-state index contributed by atoms with van der Waals surface area (Å²) in [5.74, 6) is 3.43. The number of hydrogen-bond acceptors (Lipinski definition) is 3. The maximum absolute atomic E-state index is 10.8.